The standard InChI is InChI=1S/C11H16FNO/c1-8(14)6-9-4-5-11(13(2)3)10(12)7-9/h4-5,7-8,14H,6H2,1-3H3. The van der Waals surface area contributed by atoms with Gasteiger partial charge >= 0.3 is 0 Å². The highest BCUT2D eigenvalue weighted by Crippen LogP contribution is 2.18. The normalized spacial score (nSPS) is 12.6. The minimum Gasteiger partial charge on any atom is -0.393 e. The molecule has 14 heavy (non-hydrogen) atoms. The van der Waals surface area contributed by atoms with Gasteiger partial charge in [0.1, 0.15) is 5.82 Å². The average Bonchev–Trinajstić information content (AvgIpc) is 2.01. The minimum absolute atomic E-state index is 0.242. The van der Waals surface area contributed by atoms with E-state index in [1.165, 1.54) is 6.07 Å². The number of aliphatic hydroxyl groups is 1. The van der Waals surface area contributed by atoms with Crippen LogP contribution in [0.3, 0.4) is 0 Å². The van der Waals surface area contributed by atoms with Gasteiger partial charge in [-0.15, -0.1) is 0 Å². The van der Waals surface area contributed by atoms with Crippen molar-refractivity contribution < 1.29 is 9.50 Å². The molecule has 1 aromatic rings. The zero-order valence-corrected chi connectivity index (χ0v) is 8.79. The van der Waals surface area contributed by atoms with Crippen molar-refractivity contribution in [2.45, 2.75) is 19.4 Å². The third kappa shape index (κ3) is 2.70. The average molecular weight is 197 g/mol. The van der Waals surface area contributed by atoms with E-state index in [9.17, 15) is 4.39 Å². The van der Waals surface area contributed by atoms with E-state index in [1.807, 2.05) is 6.07 Å². The fourth-order valence-electron chi connectivity index (χ4n) is 1.38. The molecule has 0 aliphatic heterocycles. The van der Waals surface area contributed by atoms with E-state index >= 15 is 0 Å². The fourth-order valence-corrected chi connectivity index (χ4v) is 1.38. The van der Waals surface area contributed by atoms with Gasteiger partial charge in [0, 0.05) is 14.1 Å². The van der Waals surface area contributed by atoms with Crippen LogP contribution in [0.5, 0.6) is 0 Å². The highest BCUT2D eigenvalue weighted by molar-refractivity contribution is 5.47. The Morgan fingerprint density at radius 3 is 2.50 bits per heavy atom. The summed E-state index contributed by atoms with van der Waals surface area (Å²) in [5.74, 6) is -0.242. The molecule has 0 amide bonds. The number of hydrogen-bond donors (Lipinski definition) is 1. The predicted octanol–water partition coefficient (Wildman–Crippen LogP) is 1.81. The highest BCUT2D eigenvalue weighted by Gasteiger charge is 2.06. The van der Waals surface area contributed by atoms with Crippen LogP contribution in [0.25, 0.3) is 0 Å². The molecule has 0 spiro atoms. The maximum atomic E-state index is 13.4. The second kappa shape index (κ2) is 4.42. The van der Waals surface area contributed by atoms with E-state index in [4.69, 9.17) is 5.11 Å². The van der Waals surface area contributed by atoms with Gasteiger partial charge in [-0.2, -0.15) is 0 Å². The number of hydrogen-bond acceptors (Lipinski definition) is 2. The zero-order chi connectivity index (χ0) is 10.7. The van der Waals surface area contributed by atoms with Crippen LogP contribution in [0.4, 0.5) is 10.1 Å². The fraction of sp³-hybridized carbons (Fsp3) is 0.455. The number of aliphatic hydroxyl groups excluding tert-OH is 1. The molecule has 1 unspecified atom stereocenters. The lowest BCUT2D eigenvalue weighted by atomic mass is 10.1. The first-order valence-corrected chi connectivity index (χ1v) is 4.64. The van der Waals surface area contributed by atoms with E-state index in [0.717, 1.165) is 5.56 Å². The van der Waals surface area contributed by atoms with Crippen molar-refractivity contribution in [3.05, 3.63) is 29.6 Å². The van der Waals surface area contributed by atoms with Crippen LogP contribution in [0.15, 0.2) is 18.2 Å². The molecule has 0 heterocycles. The quantitative estimate of drug-likeness (QED) is 0.799. The lowest BCUT2D eigenvalue weighted by Gasteiger charge is -2.14. The Labute approximate surface area is 84.0 Å². The molecule has 0 aromatic heterocycles. The van der Waals surface area contributed by atoms with Gasteiger partial charge in [0.15, 0.2) is 0 Å². The van der Waals surface area contributed by atoms with Gasteiger partial charge in [-0.05, 0) is 31.0 Å². The molecular formula is C11H16FNO. The second-order valence-electron chi connectivity index (χ2n) is 3.73. The lowest BCUT2D eigenvalue weighted by Crippen LogP contribution is -2.11. The Morgan fingerprint density at radius 2 is 2.07 bits per heavy atom. The van der Waals surface area contributed by atoms with Crippen molar-refractivity contribution in [1.82, 2.24) is 0 Å². The van der Waals surface area contributed by atoms with E-state index < -0.39 is 6.10 Å². The first kappa shape index (κ1) is 11.0. The molecule has 1 rings (SSSR count). The van der Waals surface area contributed by atoms with Crippen molar-refractivity contribution in [2.24, 2.45) is 0 Å². The Bertz CT molecular complexity index is 310. The lowest BCUT2D eigenvalue weighted by molar-refractivity contribution is 0.195. The molecule has 1 aromatic carbocycles. The van der Waals surface area contributed by atoms with Gasteiger partial charge in [0.25, 0.3) is 0 Å². The molecule has 0 aliphatic rings. The summed E-state index contributed by atoms with van der Waals surface area (Å²) in [5.41, 5.74) is 1.39. The largest absolute Gasteiger partial charge is 0.393 e. The van der Waals surface area contributed by atoms with Gasteiger partial charge in [-0.25, -0.2) is 4.39 Å². The number of halogens is 1. The Morgan fingerprint density at radius 1 is 1.43 bits per heavy atom. The molecule has 1 atom stereocenters. The summed E-state index contributed by atoms with van der Waals surface area (Å²) < 4.78 is 13.4. The van der Waals surface area contributed by atoms with E-state index in [0.29, 0.717) is 12.1 Å². The van der Waals surface area contributed by atoms with Crippen molar-refractivity contribution in [1.29, 1.82) is 0 Å². The third-order valence-electron chi connectivity index (χ3n) is 2.03. The zero-order valence-electron chi connectivity index (χ0n) is 8.79. The molecule has 0 saturated carbocycles. The van der Waals surface area contributed by atoms with Crippen LogP contribution >= 0.6 is 0 Å². The Kier molecular flexibility index (Phi) is 3.47. The predicted molar refractivity (Wildman–Crippen MR) is 56.1 cm³/mol. The topological polar surface area (TPSA) is 23.5 Å². The minimum atomic E-state index is -0.431. The van der Waals surface area contributed by atoms with Crippen LogP contribution in [0.1, 0.15) is 12.5 Å². The van der Waals surface area contributed by atoms with Gasteiger partial charge < -0.3 is 10.0 Å². The maximum Gasteiger partial charge on any atom is 0.146 e. The van der Waals surface area contributed by atoms with Crippen LogP contribution in [-0.4, -0.2) is 25.3 Å². The van der Waals surface area contributed by atoms with Crippen molar-refractivity contribution >= 4 is 5.69 Å². The molecule has 78 valence electrons. The first-order chi connectivity index (χ1) is 6.50. The molecule has 2 nitrogen and oxygen atoms in total. The van der Waals surface area contributed by atoms with Crippen molar-refractivity contribution in [3.8, 4) is 0 Å². The Hall–Kier alpha value is -1.09. The van der Waals surface area contributed by atoms with E-state index in [1.54, 1.807) is 32.0 Å². The van der Waals surface area contributed by atoms with Gasteiger partial charge in [0.2, 0.25) is 0 Å². The molecule has 0 bridgehead atoms. The second-order valence-corrected chi connectivity index (χ2v) is 3.73. The summed E-state index contributed by atoms with van der Waals surface area (Å²) in [7, 11) is 3.60. The number of anilines is 1. The van der Waals surface area contributed by atoms with Gasteiger partial charge in [0.05, 0.1) is 11.8 Å². The van der Waals surface area contributed by atoms with E-state index in [2.05, 4.69) is 0 Å². The molecule has 1 N–H and O–H groups in total. The summed E-state index contributed by atoms with van der Waals surface area (Å²) in [4.78, 5) is 1.72. The highest BCUT2D eigenvalue weighted by atomic mass is 19.1. The molecule has 0 saturated heterocycles. The van der Waals surface area contributed by atoms with Crippen LogP contribution < -0.4 is 4.90 Å². The number of benzene rings is 1. The monoisotopic (exact) mass is 197 g/mol. The molecule has 0 radical (unpaired) electrons. The summed E-state index contributed by atoms with van der Waals surface area (Å²) in [6.07, 6.45) is 0.0598. The summed E-state index contributed by atoms with van der Waals surface area (Å²) >= 11 is 0. The molecule has 0 fully saturated rings. The smallest absolute Gasteiger partial charge is 0.146 e. The number of rotatable bonds is 3. The van der Waals surface area contributed by atoms with Crippen LogP contribution in [0.2, 0.25) is 0 Å². The van der Waals surface area contributed by atoms with E-state index in [-0.39, 0.29) is 5.82 Å². The maximum absolute atomic E-state index is 13.4. The molecule has 0 aliphatic carbocycles. The van der Waals surface area contributed by atoms with Gasteiger partial charge in [-0.1, -0.05) is 6.07 Å². The Balaban J connectivity index is 2.89. The SMILES string of the molecule is CC(O)Cc1ccc(N(C)C)c(F)c1. The van der Waals surface area contributed by atoms with Gasteiger partial charge in [-0.3, -0.25) is 0 Å². The number of nitrogens with zero attached hydrogens (tertiary/aromatic N) is 1. The summed E-state index contributed by atoms with van der Waals surface area (Å²) in [5, 5.41) is 9.14. The van der Waals surface area contributed by atoms with Crippen LogP contribution in [-0.2, 0) is 6.42 Å². The van der Waals surface area contributed by atoms with Crippen molar-refractivity contribution in [2.75, 3.05) is 19.0 Å². The van der Waals surface area contributed by atoms with Crippen LogP contribution in [0, 0.1) is 5.82 Å². The summed E-state index contributed by atoms with van der Waals surface area (Å²) in [6.45, 7) is 1.69. The summed E-state index contributed by atoms with van der Waals surface area (Å²) in [6, 6.07) is 5.04. The molecule has 3 heteroatoms. The molecular weight excluding hydrogens is 181 g/mol. The van der Waals surface area contributed by atoms with Crippen molar-refractivity contribution in [3.63, 3.8) is 0 Å². The first-order valence-electron chi connectivity index (χ1n) is 4.64. The third-order valence-corrected chi connectivity index (χ3v) is 2.03.